The fourth-order valence-corrected chi connectivity index (χ4v) is 2.44. The van der Waals surface area contributed by atoms with Crippen LogP contribution in [-0.4, -0.2) is 17.0 Å². The van der Waals surface area contributed by atoms with E-state index in [4.69, 9.17) is 4.74 Å². The molecule has 2 aromatic rings. The summed E-state index contributed by atoms with van der Waals surface area (Å²) in [6, 6.07) is 12.1. The average Bonchev–Trinajstić information content (AvgIpc) is 2.54. The van der Waals surface area contributed by atoms with E-state index in [0.29, 0.717) is 5.56 Å². The van der Waals surface area contributed by atoms with Crippen molar-refractivity contribution in [2.75, 3.05) is 0 Å². The molecule has 0 fully saturated rings. The van der Waals surface area contributed by atoms with Crippen LogP contribution in [0.25, 0.3) is 0 Å². The van der Waals surface area contributed by atoms with Crippen LogP contribution < -0.4 is 4.74 Å². The Hall–Kier alpha value is -2.62. The lowest BCUT2D eigenvalue weighted by Crippen LogP contribution is -2.14. The quantitative estimate of drug-likeness (QED) is 0.630. The summed E-state index contributed by atoms with van der Waals surface area (Å²) in [6.07, 6.45) is 0. The van der Waals surface area contributed by atoms with Gasteiger partial charge in [-0.15, -0.1) is 0 Å². The molecule has 0 aliphatic carbocycles. The number of esters is 1. The molecule has 0 aromatic heterocycles. The third-order valence-corrected chi connectivity index (χ3v) is 3.86. The third kappa shape index (κ3) is 3.82. The number of benzene rings is 2. The SMILES string of the molecule is CC(C)c1cc(C(=O)O)c(OC(=O)c2ccccc2)c(C(C)C)c1. The number of carboxylic acids is 1. The zero-order chi connectivity index (χ0) is 17.9. The molecule has 0 bridgehead atoms. The van der Waals surface area contributed by atoms with Crippen molar-refractivity contribution in [2.24, 2.45) is 0 Å². The van der Waals surface area contributed by atoms with Crippen LogP contribution in [0.4, 0.5) is 0 Å². The molecule has 0 aliphatic heterocycles. The topological polar surface area (TPSA) is 63.6 Å². The number of hydrogen-bond acceptors (Lipinski definition) is 3. The molecule has 0 radical (unpaired) electrons. The van der Waals surface area contributed by atoms with Crippen LogP contribution in [0, 0.1) is 0 Å². The van der Waals surface area contributed by atoms with Crippen LogP contribution in [0.5, 0.6) is 5.75 Å². The van der Waals surface area contributed by atoms with Crippen molar-refractivity contribution in [3.63, 3.8) is 0 Å². The summed E-state index contributed by atoms with van der Waals surface area (Å²) in [5.41, 5.74) is 2.05. The number of ether oxygens (including phenoxy) is 1. The highest BCUT2D eigenvalue weighted by molar-refractivity contribution is 5.96. The molecule has 1 N–H and O–H groups in total. The molecule has 0 aliphatic rings. The Morgan fingerprint density at radius 1 is 0.958 bits per heavy atom. The zero-order valence-electron chi connectivity index (χ0n) is 14.4. The molecule has 0 saturated heterocycles. The highest BCUT2D eigenvalue weighted by Gasteiger charge is 2.23. The van der Waals surface area contributed by atoms with E-state index < -0.39 is 11.9 Å². The highest BCUT2D eigenvalue weighted by atomic mass is 16.5. The molecule has 0 amide bonds. The average molecular weight is 326 g/mol. The molecule has 0 atom stereocenters. The summed E-state index contributed by atoms with van der Waals surface area (Å²) < 4.78 is 5.50. The van der Waals surface area contributed by atoms with E-state index in [-0.39, 0.29) is 23.1 Å². The van der Waals surface area contributed by atoms with Crippen molar-refractivity contribution in [3.8, 4) is 5.75 Å². The Labute approximate surface area is 142 Å². The number of carbonyl (C=O) groups is 2. The maximum absolute atomic E-state index is 12.4. The van der Waals surface area contributed by atoms with Gasteiger partial charge in [-0.1, -0.05) is 52.0 Å². The van der Waals surface area contributed by atoms with Crippen molar-refractivity contribution in [1.29, 1.82) is 0 Å². The minimum atomic E-state index is -1.10. The molecule has 24 heavy (non-hydrogen) atoms. The summed E-state index contributed by atoms with van der Waals surface area (Å²) in [5, 5.41) is 9.57. The van der Waals surface area contributed by atoms with E-state index in [1.54, 1.807) is 36.4 Å². The van der Waals surface area contributed by atoms with Crippen LogP contribution in [0.15, 0.2) is 42.5 Å². The predicted octanol–water partition coefficient (Wildman–Crippen LogP) is 4.85. The second-order valence-electron chi connectivity index (χ2n) is 6.36. The van der Waals surface area contributed by atoms with Gasteiger partial charge in [0.15, 0.2) is 0 Å². The number of hydrogen-bond donors (Lipinski definition) is 1. The second-order valence-corrected chi connectivity index (χ2v) is 6.36. The van der Waals surface area contributed by atoms with Crippen LogP contribution >= 0.6 is 0 Å². The summed E-state index contributed by atoms with van der Waals surface area (Å²) in [4.78, 5) is 24.1. The summed E-state index contributed by atoms with van der Waals surface area (Å²) >= 11 is 0. The molecule has 4 heteroatoms. The number of aromatic carboxylic acids is 1. The molecule has 0 spiro atoms. The molecule has 2 aromatic carbocycles. The number of carboxylic acid groups (broad SMARTS) is 1. The first kappa shape index (κ1) is 17.7. The lowest BCUT2D eigenvalue weighted by Gasteiger charge is -2.18. The second kappa shape index (κ2) is 7.30. The van der Waals surface area contributed by atoms with E-state index in [1.165, 1.54) is 0 Å². The van der Waals surface area contributed by atoms with Crippen molar-refractivity contribution in [2.45, 2.75) is 39.5 Å². The first-order valence-corrected chi connectivity index (χ1v) is 7.99. The van der Waals surface area contributed by atoms with Crippen LogP contribution in [0.1, 0.15) is 71.4 Å². The Morgan fingerprint density at radius 2 is 1.58 bits per heavy atom. The van der Waals surface area contributed by atoms with Gasteiger partial charge in [-0.2, -0.15) is 0 Å². The van der Waals surface area contributed by atoms with Gasteiger partial charge in [0.2, 0.25) is 0 Å². The Kier molecular flexibility index (Phi) is 5.39. The van der Waals surface area contributed by atoms with Gasteiger partial charge in [0.05, 0.1) is 5.56 Å². The van der Waals surface area contributed by atoms with Gasteiger partial charge in [-0.3, -0.25) is 0 Å². The minimum Gasteiger partial charge on any atom is -0.478 e. The zero-order valence-corrected chi connectivity index (χ0v) is 14.4. The van der Waals surface area contributed by atoms with Crippen LogP contribution in [0.3, 0.4) is 0 Å². The molecule has 0 saturated carbocycles. The standard InChI is InChI=1S/C20H22O4/c1-12(2)15-10-16(13(3)4)18(17(11-15)19(21)22)24-20(23)14-8-6-5-7-9-14/h5-13H,1-4H3,(H,21,22). The lowest BCUT2D eigenvalue weighted by molar-refractivity contribution is 0.0680. The maximum Gasteiger partial charge on any atom is 0.343 e. The van der Waals surface area contributed by atoms with Crippen molar-refractivity contribution < 1.29 is 19.4 Å². The summed E-state index contributed by atoms with van der Waals surface area (Å²) in [7, 11) is 0. The smallest absolute Gasteiger partial charge is 0.343 e. The predicted molar refractivity (Wildman–Crippen MR) is 93.0 cm³/mol. The normalized spacial score (nSPS) is 10.9. The molecule has 126 valence electrons. The van der Waals surface area contributed by atoms with Gasteiger partial charge >= 0.3 is 11.9 Å². The van der Waals surface area contributed by atoms with Crippen LogP contribution in [0.2, 0.25) is 0 Å². The Balaban J connectivity index is 2.54. The monoisotopic (exact) mass is 326 g/mol. The summed E-state index contributed by atoms with van der Waals surface area (Å²) in [5.74, 6) is -1.32. The number of carbonyl (C=O) groups excluding carboxylic acids is 1. The number of rotatable bonds is 5. The highest BCUT2D eigenvalue weighted by Crippen LogP contribution is 2.34. The summed E-state index contributed by atoms with van der Waals surface area (Å²) in [6.45, 7) is 7.90. The van der Waals surface area contributed by atoms with Gasteiger partial charge in [0.25, 0.3) is 0 Å². The van der Waals surface area contributed by atoms with Crippen LogP contribution in [-0.2, 0) is 0 Å². The third-order valence-electron chi connectivity index (χ3n) is 3.86. The van der Waals surface area contributed by atoms with E-state index in [1.807, 2.05) is 33.8 Å². The van der Waals surface area contributed by atoms with E-state index in [0.717, 1.165) is 11.1 Å². The van der Waals surface area contributed by atoms with Crippen molar-refractivity contribution in [1.82, 2.24) is 0 Å². The van der Waals surface area contributed by atoms with Gasteiger partial charge in [-0.05, 0) is 41.2 Å². The molecule has 0 heterocycles. The maximum atomic E-state index is 12.4. The van der Waals surface area contributed by atoms with Gasteiger partial charge in [0.1, 0.15) is 11.3 Å². The fraction of sp³-hybridized carbons (Fsp3) is 0.300. The molecule has 0 unspecified atom stereocenters. The van der Waals surface area contributed by atoms with Crippen molar-refractivity contribution >= 4 is 11.9 Å². The molecule has 2 rings (SSSR count). The molecule has 4 nitrogen and oxygen atoms in total. The first-order valence-electron chi connectivity index (χ1n) is 7.99. The van der Waals surface area contributed by atoms with E-state index >= 15 is 0 Å². The minimum absolute atomic E-state index is 0.0224. The Morgan fingerprint density at radius 3 is 2.08 bits per heavy atom. The van der Waals surface area contributed by atoms with E-state index in [9.17, 15) is 14.7 Å². The Bertz CT molecular complexity index is 746. The molecular formula is C20H22O4. The van der Waals surface area contributed by atoms with E-state index in [2.05, 4.69) is 0 Å². The molecular weight excluding hydrogens is 304 g/mol. The van der Waals surface area contributed by atoms with Crippen molar-refractivity contribution in [3.05, 3.63) is 64.7 Å². The van der Waals surface area contributed by atoms with Gasteiger partial charge < -0.3 is 9.84 Å². The van der Waals surface area contributed by atoms with Gasteiger partial charge in [-0.25, -0.2) is 9.59 Å². The van der Waals surface area contributed by atoms with Gasteiger partial charge in [0, 0.05) is 0 Å². The largest absolute Gasteiger partial charge is 0.478 e. The lowest BCUT2D eigenvalue weighted by atomic mass is 9.92. The first-order chi connectivity index (χ1) is 11.3. The fourth-order valence-electron chi connectivity index (χ4n) is 2.44.